The molecule has 0 aromatic carbocycles. The molecule has 6 nitrogen and oxygen atoms in total. The molecule has 1 saturated carbocycles. The molecule has 4 N–H and O–H groups in total. The van der Waals surface area contributed by atoms with E-state index in [4.69, 9.17) is 10.2 Å². The number of amides is 2. The van der Waals surface area contributed by atoms with E-state index in [2.05, 4.69) is 17.6 Å². The number of nitrogens with one attached hydrogen (secondary N) is 2. The molecule has 98 valence electrons. The van der Waals surface area contributed by atoms with E-state index in [1.807, 2.05) is 0 Å². The van der Waals surface area contributed by atoms with Crippen LogP contribution >= 0.6 is 0 Å². The zero-order chi connectivity index (χ0) is 12.8. The Bertz CT molecular complexity index is 283. The van der Waals surface area contributed by atoms with Gasteiger partial charge in [-0.05, 0) is 18.8 Å². The van der Waals surface area contributed by atoms with Gasteiger partial charge in [0.15, 0.2) is 6.04 Å². The van der Waals surface area contributed by atoms with Crippen LogP contribution in [0.15, 0.2) is 0 Å². The molecule has 0 saturated heterocycles. The van der Waals surface area contributed by atoms with Crippen molar-refractivity contribution in [2.24, 2.45) is 5.92 Å². The fourth-order valence-corrected chi connectivity index (χ4v) is 2.08. The Morgan fingerprint density at radius 1 is 1.35 bits per heavy atom. The van der Waals surface area contributed by atoms with E-state index in [-0.39, 0.29) is 6.04 Å². The Labute approximate surface area is 100 Å². The van der Waals surface area contributed by atoms with Crippen LogP contribution in [0.2, 0.25) is 0 Å². The lowest BCUT2D eigenvalue weighted by Gasteiger charge is -2.29. The van der Waals surface area contributed by atoms with Crippen molar-refractivity contribution in [3.05, 3.63) is 0 Å². The highest BCUT2D eigenvalue weighted by Crippen LogP contribution is 2.23. The van der Waals surface area contributed by atoms with Gasteiger partial charge >= 0.3 is 12.0 Å². The van der Waals surface area contributed by atoms with E-state index in [0.29, 0.717) is 5.92 Å². The predicted octanol–water partition coefficient (Wildman–Crippen LogP) is 0.310. The normalized spacial score (nSPS) is 26.0. The minimum Gasteiger partial charge on any atom is -0.480 e. The van der Waals surface area contributed by atoms with Crippen LogP contribution in [0, 0.1) is 5.92 Å². The average Bonchev–Trinajstić information content (AvgIpc) is 2.28. The number of rotatable bonds is 4. The van der Waals surface area contributed by atoms with E-state index >= 15 is 0 Å². The molecule has 0 aliphatic heterocycles. The van der Waals surface area contributed by atoms with Crippen molar-refractivity contribution in [2.75, 3.05) is 6.61 Å². The Kier molecular flexibility index (Phi) is 5.21. The van der Waals surface area contributed by atoms with Crippen molar-refractivity contribution in [1.29, 1.82) is 0 Å². The van der Waals surface area contributed by atoms with Gasteiger partial charge in [0.2, 0.25) is 0 Å². The van der Waals surface area contributed by atoms with Gasteiger partial charge in [-0.2, -0.15) is 0 Å². The minimum atomic E-state index is -1.24. The summed E-state index contributed by atoms with van der Waals surface area (Å²) in [5.41, 5.74) is 0. The average molecular weight is 244 g/mol. The van der Waals surface area contributed by atoms with E-state index < -0.39 is 24.6 Å². The maximum absolute atomic E-state index is 11.5. The first kappa shape index (κ1) is 13.8. The smallest absolute Gasteiger partial charge is 0.328 e. The van der Waals surface area contributed by atoms with Gasteiger partial charge in [-0.25, -0.2) is 9.59 Å². The molecule has 0 spiro atoms. The third-order valence-electron chi connectivity index (χ3n) is 3.21. The number of hydrogen-bond acceptors (Lipinski definition) is 3. The zero-order valence-corrected chi connectivity index (χ0v) is 9.98. The predicted molar refractivity (Wildman–Crippen MR) is 61.6 cm³/mol. The third-order valence-corrected chi connectivity index (χ3v) is 3.21. The summed E-state index contributed by atoms with van der Waals surface area (Å²) in [5.74, 6) is -0.828. The van der Waals surface area contributed by atoms with Gasteiger partial charge < -0.3 is 20.8 Å². The topological polar surface area (TPSA) is 98.7 Å². The van der Waals surface area contributed by atoms with Gasteiger partial charge in [0.05, 0.1) is 6.61 Å². The Balaban J connectivity index is 2.40. The number of carboxylic acid groups (broad SMARTS) is 1. The summed E-state index contributed by atoms with van der Waals surface area (Å²) in [6, 6.07) is -1.67. The first-order valence-electron chi connectivity index (χ1n) is 5.95. The highest BCUT2D eigenvalue weighted by atomic mass is 16.4. The van der Waals surface area contributed by atoms with Gasteiger partial charge in [0, 0.05) is 6.04 Å². The molecule has 1 rings (SSSR count). The van der Waals surface area contributed by atoms with Crippen LogP contribution in [0.4, 0.5) is 4.79 Å². The molecule has 0 aromatic rings. The number of carbonyl (C=O) groups is 2. The number of carboxylic acids is 1. The van der Waals surface area contributed by atoms with Crippen LogP contribution in [-0.2, 0) is 4.79 Å². The van der Waals surface area contributed by atoms with Gasteiger partial charge in [-0.15, -0.1) is 0 Å². The van der Waals surface area contributed by atoms with Gasteiger partial charge in [-0.1, -0.05) is 19.8 Å². The second-order valence-electron chi connectivity index (χ2n) is 4.56. The van der Waals surface area contributed by atoms with Crippen LogP contribution in [-0.4, -0.2) is 40.9 Å². The molecule has 0 heterocycles. The zero-order valence-electron chi connectivity index (χ0n) is 9.98. The number of urea groups is 1. The van der Waals surface area contributed by atoms with E-state index in [1.54, 1.807) is 0 Å². The van der Waals surface area contributed by atoms with Crippen LogP contribution in [0.5, 0.6) is 0 Å². The number of hydrogen-bond donors (Lipinski definition) is 4. The van der Waals surface area contributed by atoms with Gasteiger partial charge in [-0.3, -0.25) is 0 Å². The molecule has 0 aromatic heterocycles. The first-order chi connectivity index (χ1) is 8.04. The number of aliphatic hydroxyl groups excluding tert-OH is 1. The van der Waals surface area contributed by atoms with Crippen LogP contribution in [0.25, 0.3) is 0 Å². The first-order valence-corrected chi connectivity index (χ1v) is 5.95. The molecule has 1 aliphatic carbocycles. The summed E-state index contributed by atoms with van der Waals surface area (Å²) in [5, 5.41) is 22.5. The second-order valence-corrected chi connectivity index (χ2v) is 4.56. The molecular formula is C11H20N2O4. The monoisotopic (exact) mass is 244 g/mol. The number of aliphatic carboxylic acids is 1. The van der Waals surface area contributed by atoms with Crippen LogP contribution in [0.1, 0.15) is 32.6 Å². The lowest BCUT2D eigenvalue weighted by Crippen LogP contribution is -2.52. The van der Waals surface area contributed by atoms with Crippen molar-refractivity contribution >= 4 is 12.0 Å². The Hall–Kier alpha value is -1.30. The lowest BCUT2D eigenvalue weighted by molar-refractivity contribution is -0.140. The molecule has 0 bridgehead atoms. The molecule has 2 amide bonds. The molecule has 1 fully saturated rings. The summed E-state index contributed by atoms with van der Waals surface area (Å²) in [6.07, 6.45) is 4.26. The summed E-state index contributed by atoms with van der Waals surface area (Å²) in [7, 11) is 0. The van der Waals surface area contributed by atoms with Crippen molar-refractivity contribution < 1.29 is 19.8 Å². The lowest BCUT2D eigenvalue weighted by atomic mass is 9.86. The molecule has 2 unspecified atom stereocenters. The summed E-state index contributed by atoms with van der Waals surface area (Å²) < 4.78 is 0. The molecular weight excluding hydrogens is 224 g/mol. The van der Waals surface area contributed by atoms with Crippen molar-refractivity contribution in [3.8, 4) is 0 Å². The molecule has 17 heavy (non-hydrogen) atoms. The van der Waals surface area contributed by atoms with Gasteiger partial charge in [0.25, 0.3) is 0 Å². The largest absolute Gasteiger partial charge is 0.480 e. The van der Waals surface area contributed by atoms with E-state index in [9.17, 15) is 9.59 Å². The molecule has 6 heteroatoms. The third kappa shape index (κ3) is 4.22. The number of carbonyl (C=O) groups excluding carboxylic acids is 1. The fourth-order valence-electron chi connectivity index (χ4n) is 2.08. The Morgan fingerprint density at radius 2 is 2.00 bits per heavy atom. The Morgan fingerprint density at radius 3 is 2.53 bits per heavy atom. The minimum absolute atomic E-state index is 0.0943. The van der Waals surface area contributed by atoms with Crippen molar-refractivity contribution in [2.45, 2.75) is 44.7 Å². The maximum atomic E-state index is 11.5. The van der Waals surface area contributed by atoms with E-state index in [0.717, 1.165) is 19.3 Å². The van der Waals surface area contributed by atoms with E-state index in [1.165, 1.54) is 6.42 Å². The molecule has 3 atom stereocenters. The number of aliphatic hydroxyl groups is 1. The maximum Gasteiger partial charge on any atom is 0.328 e. The van der Waals surface area contributed by atoms with Crippen molar-refractivity contribution in [3.63, 3.8) is 0 Å². The highest BCUT2D eigenvalue weighted by Gasteiger charge is 2.25. The van der Waals surface area contributed by atoms with Crippen LogP contribution in [0.3, 0.4) is 0 Å². The SMILES string of the molecule is CC1CCCCC1NC(=O)N[C@@H](CO)C(=O)O. The fraction of sp³-hybridized carbons (Fsp3) is 0.818. The van der Waals surface area contributed by atoms with Gasteiger partial charge in [0.1, 0.15) is 0 Å². The molecule has 1 aliphatic rings. The summed E-state index contributed by atoms with van der Waals surface area (Å²) >= 11 is 0. The van der Waals surface area contributed by atoms with Crippen molar-refractivity contribution in [1.82, 2.24) is 10.6 Å². The molecule has 0 radical (unpaired) electrons. The highest BCUT2D eigenvalue weighted by molar-refractivity contribution is 5.82. The van der Waals surface area contributed by atoms with Crippen LogP contribution < -0.4 is 10.6 Å². The standard InChI is InChI=1S/C11H20N2O4/c1-7-4-2-3-5-8(7)12-11(17)13-9(6-14)10(15)16/h7-9,14H,2-6H2,1H3,(H,15,16)(H2,12,13,17)/t7?,8?,9-/m0/s1. The quantitative estimate of drug-likeness (QED) is 0.572. The summed E-state index contributed by atoms with van der Waals surface area (Å²) in [4.78, 5) is 22.2. The summed E-state index contributed by atoms with van der Waals surface area (Å²) in [6.45, 7) is 1.47. The second kappa shape index (κ2) is 6.44.